The van der Waals surface area contributed by atoms with Gasteiger partial charge in [0.25, 0.3) is 0 Å². The Kier molecular flexibility index (Phi) is 3.96. The van der Waals surface area contributed by atoms with E-state index in [1.807, 2.05) is 13.8 Å². The second kappa shape index (κ2) is 4.67. The summed E-state index contributed by atoms with van der Waals surface area (Å²) < 4.78 is 1.17. The molecular formula is C13H20BrN. The zero-order valence-corrected chi connectivity index (χ0v) is 11.6. The Morgan fingerprint density at radius 2 is 2.00 bits per heavy atom. The molecule has 0 bridgehead atoms. The van der Waals surface area contributed by atoms with E-state index in [1.165, 1.54) is 15.6 Å². The number of rotatable bonds is 3. The quantitative estimate of drug-likeness (QED) is 0.877. The lowest BCUT2D eigenvalue weighted by Gasteiger charge is -2.21. The SMILES string of the molecule is CCC(C)c1ccc(C(C)(C)N)cc1Br. The average molecular weight is 270 g/mol. The molecule has 1 aromatic rings. The molecule has 0 heterocycles. The van der Waals surface area contributed by atoms with Gasteiger partial charge in [-0.05, 0) is 43.4 Å². The van der Waals surface area contributed by atoms with Gasteiger partial charge in [-0.3, -0.25) is 0 Å². The van der Waals surface area contributed by atoms with Crippen molar-refractivity contribution < 1.29 is 0 Å². The third-order valence-corrected chi connectivity index (χ3v) is 3.57. The molecule has 0 amide bonds. The van der Waals surface area contributed by atoms with E-state index < -0.39 is 0 Å². The van der Waals surface area contributed by atoms with Gasteiger partial charge in [-0.25, -0.2) is 0 Å². The smallest absolute Gasteiger partial charge is 0.0352 e. The van der Waals surface area contributed by atoms with Gasteiger partial charge < -0.3 is 5.73 Å². The summed E-state index contributed by atoms with van der Waals surface area (Å²) >= 11 is 3.63. The summed E-state index contributed by atoms with van der Waals surface area (Å²) in [5.74, 6) is 0.592. The van der Waals surface area contributed by atoms with Crippen molar-refractivity contribution >= 4 is 15.9 Å². The first-order chi connectivity index (χ1) is 6.86. The van der Waals surface area contributed by atoms with Gasteiger partial charge in [-0.15, -0.1) is 0 Å². The van der Waals surface area contributed by atoms with E-state index in [9.17, 15) is 0 Å². The molecule has 0 saturated heterocycles. The van der Waals surface area contributed by atoms with Gasteiger partial charge >= 0.3 is 0 Å². The second-order valence-electron chi connectivity index (χ2n) is 4.77. The van der Waals surface area contributed by atoms with E-state index in [4.69, 9.17) is 5.73 Å². The molecule has 84 valence electrons. The van der Waals surface area contributed by atoms with Crippen LogP contribution in [-0.2, 0) is 5.54 Å². The van der Waals surface area contributed by atoms with E-state index in [2.05, 4.69) is 48.0 Å². The highest BCUT2D eigenvalue weighted by Crippen LogP contribution is 2.30. The molecule has 1 unspecified atom stereocenters. The van der Waals surface area contributed by atoms with Crippen LogP contribution in [0.3, 0.4) is 0 Å². The third kappa shape index (κ3) is 3.05. The molecule has 15 heavy (non-hydrogen) atoms. The largest absolute Gasteiger partial charge is 0.322 e. The molecule has 1 rings (SSSR count). The van der Waals surface area contributed by atoms with Crippen molar-refractivity contribution in [1.82, 2.24) is 0 Å². The van der Waals surface area contributed by atoms with Crippen LogP contribution in [0.1, 0.15) is 51.2 Å². The molecule has 0 aliphatic rings. The number of nitrogens with two attached hydrogens (primary N) is 1. The fraction of sp³-hybridized carbons (Fsp3) is 0.538. The maximum absolute atomic E-state index is 6.06. The van der Waals surface area contributed by atoms with Gasteiger partial charge in [0.1, 0.15) is 0 Å². The normalized spacial score (nSPS) is 14.0. The summed E-state index contributed by atoms with van der Waals surface area (Å²) in [6.45, 7) is 8.50. The van der Waals surface area contributed by atoms with Crippen molar-refractivity contribution in [2.45, 2.75) is 45.6 Å². The Morgan fingerprint density at radius 3 is 2.40 bits per heavy atom. The third-order valence-electron chi connectivity index (χ3n) is 2.89. The summed E-state index contributed by atoms with van der Waals surface area (Å²) in [4.78, 5) is 0. The molecule has 1 atom stereocenters. The summed E-state index contributed by atoms with van der Waals surface area (Å²) in [6, 6.07) is 6.45. The van der Waals surface area contributed by atoms with Crippen LogP contribution in [0.25, 0.3) is 0 Å². The molecule has 2 N–H and O–H groups in total. The van der Waals surface area contributed by atoms with Crippen LogP contribution in [0.5, 0.6) is 0 Å². The summed E-state index contributed by atoms with van der Waals surface area (Å²) in [6.07, 6.45) is 1.16. The standard InChI is InChI=1S/C13H20BrN/c1-5-9(2)11-7-6-10(8-12(11)14)13(3,4)15/h6-9H,5,15H2,1-4H3. The highest BCUT2D eigenvalue weighted by molar-refractivity contribution is 9.10. The monoisotopic (exact) mass is 269 g/mol. The number of hydrogen-bond donors (Lipinski definition) is 1. The molecule has 0 aromatic heterocycles. The van der Waals surface area contributed by atoms with Gasteiger partial charge in [-0.1, -0.05) is 41.9 Å². The Balaban J connectivity index is 3.09. The van der Waals surface area contributed by atoms with E-state index in [1.54, 1.807) is 0 Å². The Labute approximate surface area is 101 Å². The maximum atomic E-state index is 6.06. The fourth-order valence-electron chi connectivity index (χ4n) is 1.55. The van der Waals surface area contributed by atoms with E-state index in [-0.39, 0.29) is 5.54 Å². The minimum atomic E-state index is -0.267. The molecule has 0 radical (unpaired) electrons. The van der Waals surface area contributed by atoms with Gasteiger partial charge in [0.15, 0.2) is 0 Å². The van der Waals surface area contributed by atoms with Crippen LogP contribution in [0, 0.1) is 0 Å². The molecule has 0 saturated carbocycles. The van der Waals surface area contributed by atoms with E-state index >= 15 is 0 Å². The Bertz CT molecular complexity index is 339. The van der Waals surface area contributed by atoms with Crippen LogP contribution in [0.4, 0.5) is 0 Å². The van der Waals surface area contributed by atoms with E-state index in [0.29, 0.717) is 5.92 Å². The van der Waals surface area contributed by atoms with Gasteiger partial charge in [-0.2, -0.15) is 0 Å². The van der Waals surface area contributed by atoms with Crippen LogP contribution < -0.4 is 5.73 Å². The first kappa shape index (κ1) is 12.7. The highest BCUT2D eigenvalue weighted by Gasteiger charge is 2.16. The van der Waals surface area contributed by atoms with Crippen LogP contribution in [0.2, 0.25) is 0 Å². The summed E-state index contributed by atoms with van der Waals surface area (Å²) in [5.41, 5.74) is 8.33. The number of hydrogen-bond acceptors (Lipinski definition) is 1. The van der Waals surface area contributed by atoms with Crippen molar-refractivity contribution in [1.29, 1.82) is 0 Å². The van der Waals surface area contributed by atoms with Crippen molar-refractivity contribution in [2.24, 2.45) is 5.73 Å². The number of benzene rings is 1. The minimum absolute atomic E-state index is 0.267. The van der Waals surface area contributed by atoms with Crippen LogP contribution in [0.15, 0.2) is 22.7 Å². The van der Waals surface area contributed by atoms with Crippen molar-refractivity contribution in [3.05, 3.63) is 33.8 Å². The molecule has 1 nitrogen and oxygen atoms in total. The highest BCUT2D eigenvalue weighted by atomic mass is 79.9. The fourth-order valence-corrected chi connectivity index (χ4v) is 2.32. The van der Waals surface area contributed by atoms with Crippen molar-refractivity contribution in [2.75, 3.05) is 0 Å². The zero-order chi connectivity index (χ0) is 11.6. The first-order valence-corrected chi connectivity index (χ1v) is 6.24. The Morgan fingerprint density at radius 1 is 1.40 bits per heavy atom. The summed E-state index contributed by atoms with van der Waals surface area (Å²) in [5, 5.41) is 0. The molecule has 0 fully saturated rings. The van der Waals surface area contributed by atoms with Crippen LogP contribution >= 0.6 is 15.9 Å². The lowest BCUT2D eigenvalue weighted by molar-refractivity contribution is 0.553. The number of halogens is 1. The Hall–Kier alpha value is -0.340. The lowest BCUT2D eigenvalue weighted by Crippen LogP contribution is -2.28. The summed E-state index contributed by atoms with van der Waals surface area (Å²) in [7, 11) is 0. The lowest BCUT2D eigenvalue weighted by atomic mass is 9.91. The van der Waals surface area contributed by atoms with Gasteiger partial charge in [0.2, 0.25) is 0 Å². The van der Waals surface area contributed by atoms with Gasteiger partial charge in [0.05, 0.1) is 0 Å². The molecule has 2 heteroatoms. The maximum Gasteiger partial charge on any atom is 0.0352 e. The zero-order valence-electron chi connectivity index (χ0n) is 9.97. The van der Waals surface area contributed by atoms with Crippen LogP contribution in [-0.4, -0.2) is 0 Å². The topological polar surface area (TPSA) is 26.0 Å². The first-order valence-electron chi connectivity index (χ1n) is 5.45. The molecule has 0 aliphatic heterocycles. The minimum Gasteiger partial charge on any atom is -0.322 e. The predicted molar refractivity (Wildman–Crippen MR) is 70.1 cm³/mol. The van der Waals surface area contributed by atoms with Gasteiger partial charge in [0, 0.05) is 10.0 Å². The van der Waals surface area contributed by atoms with Crippen molar-refractivity contribution in [3.8, 4) is 0 Å². The molecule has 0 spiro atoms. The van der Waals surface area contributed by atoms with E-state index in [0.717, 1.165) is 6.42 Å². The molecule has 0 aliphatic carbocycles. The van der Waals surface area contributed by atoms with Crippen molar-refractivity contribution in [3.63, 3.8) is 0 Å². The predicted octanol–water partition coefficient (Wildman–Crippen LogP) is 4.16. The average Bonchev–Trinajstić information content (AvgIpc) is 2.15. The molecular weight excluding hydrogens is 250 g/mol. The second-order valence-corrected chi connectivity index (χ2v) is 5.62. The molecule has 1 aromatic carbocycles.